The van der Waals surface area contributed by atoms with Gasteiger partial charge in [0, 0.05) is 11.1 Å². The molecule has 0 bridgehead atoms. The highest BCUT2D eigenvalue weighted by Gasteiger charge is 2.30. The van der Waals surface area contributed by atoms with Crippen LogP contribution in [0, 0.1) is 5.82 Å². The van der Waals surface area contributed by atoms with Crippen LogP contribution in [0.1, 0.15) is 66.9 Å². The molecule has 0 spiro atoms. The van der Waals surface area contributed by atoms with Gasteiger partial charge in [0.25, 0.3) is 0 Å². The van der Waals surface area contributed by atoms with E-state index in [-0.39, 0.29) is 16.9 Å². The van der Waals surface area contributed by atoms with Gasteiger partial charge in [0.1, 0.15) is 11.9 Å². The van der Waals surface area contributed by atoms with Crippen molar-refractivity contribution >= 4 is 17.2 Å². The molecule has 4 rings (SSSR count). The molecule has 2 aliphatic rings. The standard InChI is InChI=1S/C25H26ClFO/c1-2-3-4-5-17-6-8-18(9-7-17)19-10-12-20(13-11-19)21-14-15-22(23-16-28-23)24(26)25(21)27/h2-3,6-9,12,14-15,19,23H,4-5,10-11,13,16H2,1H3/b3-2+. The molecule has 146 valence electrons. The molecule has 1 saturated heterocycles. The monoisotopic (exact) mass is 396 g/mol. The molecule has 0 amide bonds. The van der Waals surface area contributed by atoms with E-state index in [1.54, 1.807) is 0 Å². The van der Waals surface area contributed by atoms with Gasteiger partial charge in [-0.2, -0.15) is 0 Å². The molecule has 3 heteroatoms. The second-order valence-corrected chi connectivity index (χ2v) is 8.08. The van der Waals surface area contributed by atoms with Gasteiger partial charge in [-0.1, -0.05) is 66.2 Å². The summed E-state index contributed by atoms with van der Waals surface area (Å²) in [7, 11) is 0. The number of hydrogen-bond acceptors (Lipinski definition) is 1. The summed E-state index contributed by atoms with van der Waals surface area (Å²) in [5.74, 6) is 0.204. The summed E-state index contributed by atoms with van der Waals surface area (Å²) < 4.78 is 20.0. The van der Waals surface area contributed by atoms with Crippen LogP contribution in [0.15, 0.2) is 54.6 Å². The molecule has 0 aromatic heterocycles. The largest absolute Gasteiger partial charge is 0.368 e. The maximum absolute atomic E-state index is 14.8. The van der Waals surface area contributed by atoms with E-state index in [4.69, 9.17) is 16.3 Å². The Morgan fingerprint density at radius 1 is 1.18 bits per heavy atom. The summed E-state index contributed by atoms with van der Waals surface area (Å²) in [5.41, 5.74) is 5.25. The summed E-state index contributed by atoms with van der Waals surface area (Å²) in [4.78, 5) is 0. The molecule has 1 aliphatic carbocycles. The Labute approximate surface area is 171 Å². The number of aryl methyl sites for hydroxylation is 1. The van der Waals surface area contributed by atoms with Crippen molar-refractivity contribution in [2.75, 3.05) is 6.61 Å². The molecule has 1 aliphatic heterocycles. The Morgan fingerprint density at radius 3 is 2.61 bits per heavy atom. The minimum absolute atomic E-state index is 0.0262. The average Bonchev–Trinajstić information content (AvgIpc) is 3.56. The molecule has 28 heavy (non-hydrogen) atoms. The van der Waals surface area contributed by atoms with E-state index in [9.17, 15) is 4.39 Å². The molecule has 1 nitrogen and oxygen atoms in total. The molecule has 1 fully saturated rings. The van der Waals surface area contributed by atoms with Crippen molar-refractivity contribution in [3.05, 3.63) is 87.7 Å². The van der Waals surface area contributed by atoms with Crippen LogP contribution in [0.3, 0.4) is 0 Å². The van der Waals surface area contributed by atoms with Gasteiger partial charge in [0.2, 0.25) is 0 Å². The Balaban J connectivity index is 1.44. The van der Waals surface area contributed by atoms with Crippen LogP contribution < -0.4 is 0 Å². The minimum atomic E-state index is -0.301. The molecular formula is C25H26ClFO. The Hall–Kier alpha value is -1.90. The summed E-state index contributed by atoms with van der Waals surface area (Å²) >= 11 is 6.25. The van der Waals surface area contributed by atoms with Crippen LogP contribution >= 0.6 is 11.6 Å². The summed E-state index contributed by atoms with van der Waals surface area (Å²) in [6, 6.07) is 12.8. The van der Waals surface area contributed by atoms with Crippen molar-refractivity contribution in [2.24, 2.45) is 0 Å². The van der Waals surface area contributed by atoms with Crippen molar-refractivity contribution in [1.82, 2.24) is 0 Å². The first-order chi connectivity index (χ1) is 13.7. The van der Waals surface area contributed by atoms with E-state index in [0.29, 0.717) is 18.1 Å². The average molecular weight is 397 g/mol. The summed E-state index contributed by atoms with van der Waals surface area (Å²) in [6.45, 7) is 2.70. The molecule has 0 saturated carbocycles. The summed E-state index contributed by atoms with van der Waals surface area (Å²) in [6.07, 6.45) is 11.5. The Morgan fingerprint density at radius 2 is 1.96 bits per heavy atom. The van der Waals surface area contributed by atoms with E-state index in [2.05, 4.69) is 49.4 Å². The number of rotatable bonds is 6. The van der Waals surface area contributed by atoms with E-state index >= 15 is 0 Å². The number of allylic oxidation sites excluding steroid dienone is 4. The molecular weight excluding hydrogens is 371 g/mol. The second kappa shape index (κ2) is 8.63. The van der Waals surface area contributed by atoms with Gasteiger partial charge in [-0.3, -0.25) is 0 Å². The predicted molar refractivity (Wildman–Crippen MR) is 114 cm³/mol. The topological polar surface area (TPSA) is 12.5 Å². The molecule has 2 atom stereocenters. The summed E-state index contributed by atoms with van der Waals surface area (Å²) in [5, 5.41) is 0.219. The highest BCUT2D eigenvalue weighted by molar-refractivity contribution is 6.31. The third-order valence-corrected chi connectivity index (χ3v) is 6.22. The van der Waals surface area contributed by atoms with Gasteiger partial charge in [-0.05, 0) is 61.6 Å². The molecule has 0 radical (unpaired) electrons. The van der Waals surface area contributed by atoms with Crippen molar-refractivity contribution in [1.29, 1.82) is 0 Å². The van der Waals surface area contributed by atoms with Crippen LogP contribution in [-0.2, 0) is 11.2 Å². The lowest BCUT2D eigenvalue weighted by molar-refractivity contribution is 0.415. The maximum Gasteiger partial charge on any atom is 0.149 e. The highest BCUT2D eigenvalue weighted by Crippen LogP contribution is 2.41. The van der Waals surface area contributed by atoms with Crippen molar-refractivity contribution in [3.8, 4) is 0 Å². The molecule has 1 heterocycles. The van der Waals surface area contributed by atoms with Gasteiger partial charge >= 0.3 is 0 Å². The van der Waals surface area contributed by atoms with Crippen LogP contribution in [0.4, 0.5) is 4.39 Å². The highest BCUT2D eigenvalue weighted by atomic mass is 35.5. The number of benzene rings is 2. The fraction of sp³-hybridized carbons (Fsp3) is 0.360. The number of hydrogen-bond donors (Lipinski definition) is 0. The number of halogens is 2. The lowest BCUT2D eigenvalue weighted by atomic mass is 9.82. The minimum Gasteiger partial charge on any atom is -0.368 e. The SMILES string of the molecule is C/C=C/CCc1ccc(C2CC=C(c3ccc(C4CO4)c(Cl)c3F)CC2)cc1. The zero-order chi connectivity index (χ0) is 19.5. The third kappa shape index (κ3) is 4.24. The van der Waals surface area contributed by atoms with Gasteiger partial charge in [-0.25, -0.2) is 4.39 Å². The van der Waals surface area contributed by atoms with Gasteiger partial charge < -0.3 is 4.74 Å². The number of ether oxygens (including phenoxy) is 1. The van der Waals surface area contributed by atoms with E-state index < -0.39 is 0 Å². The quantitative estimate of drug-likeness (QED) is 0.365. The fourth-order valence-electron chi connectivity index (χ4n) is 4.04. The first-order valence-corrected chi connectivity index (χ1v) is 10.5. The maximum atomic E-state index is 14.8. The van der Waals surface area contributed by atoms with Crippen molar-refractivity contribution < 1.29 is 9.13 Å². The van der Waals surface area contributed by atoms with Crippen LogP contribution in [0.25, 0.3) is 5.57 Å². The molecule has 2 aromatic carbocycles. The van der Waals surface area contributed by atoms with Gasteiger partial charge in [0.15, 0.2) is 0 Å². The van der Waals surface area contributed by atoms with Gasteiger partial charge in [-0.15, -0.1) is 0 Å². The zero-order valence-electron chi connectivity index (χ0n) is 16.3. The first-order valence-electron chi connectivity index (χ1n) is 10.2. The van der Waals surface area contributed by atoms with Crippen LogP contribution in [-0.4, -0.2) is 6.61 Å². The number of epoxide rings is 1. The van der Waals surface area contributed by atoms with E-state index in [1.165, 1.54) is 11.1 Å². The van der Waals surface area contributed by atoms with Crippen molar-refractivity contribution in [3.63, 3.8) is 0 Å². The molecule has 2 unspecified atom stereocenters. The van der Waals surface area contributed by atoms with E-state index in [0.717, 1.165) is 43.2 Å². The Bertz CT molecular complexity index is 894. The smallest absolute Gasteiger partial charge is 0.149 e. The molecule has 0 N–H and O–H groups in total. The lowest BCUT2D eigenvalue weighted by Gasteiger charge is -2.23. The normalized spacial score (nSPS) is 21.8. The van der Waals surface area contributed by atoms with Crippen LogP contribution in [0.2, 0.25) is 5.02 Å². The third-order valence-electron chi connectivity index (χ3n) is 5.84. The van der Waals surface area contributed by atoms with Crippen LogP contribution in [0.5, 0.6) is 0 Å². The fourth-order valence-corrected chi connectivity index (χ4v) is 4.33. The molecule has 2 aromatic rings. The second-order valence-electron chi connectivity index (χ2n) is 7.70. The van der Waals surface area contributed by atoms with Crippen molar-refractivity contribution in [2.45, 2.75) is 51.0 Å². The predicted octanol–water partition coefficient (Wildman–Crippen LogP) is 7.41. The first kappa shape index (κ1) is 19.4. The van der Waals surface area contributed by atoms with E-state index in [1.807, 2.05) is 12.1 Å². The van der Waals surface area contributed by atoms with Gasteiger partial charge in [0.05, 0.1) is 11.6 Å². The Kier molecular flexibility index (Phi) is 5.99. The zero-order valence-corrected chi connectivity index (χ0v) is 17.0. The lowest BCUT2D eigenvalue weighted by Crippen LogP contribution is -2.05.